The predicted octanol–water partition coefficient (Wildman–Crippen LogP) is 3.84. The summed E-state index contributed by atoms with van der Waals surface area (Å²) < 4.78 is 21.7. The number of furan rings is 1. The van der Waals surface area contributed by atoms with Gasteiger partial charge in [0.1, 0.15) is 11.9 Å². The van der Waals surface area contributed by atoms with Crippen LogP contribution in [0.3, 0.4) is 0 Å². The van der Waals surface area contributed by atoms with E-state index in [0.717, 1.165) is 30.0 Å². The van der Waals surface area contributed by atoms with Crippen LogP contribution in [0.5, 0.6) is 17.2 Å². The van der Waals surface area contributed by atoms with Gasteiger partial charge in [-0.3, -0.25) is 9.69 Å². The summed E-state index contributed by atoms with van der Waals surface area (Å²) >= 11 is 0. The van der Waals surface area contributed by atoms with Crippen LogP contribution in [0.25, 0.3) is 0 Å². The van der Waals surface area contributed by atoms with Crippen LogP contribution in [0.1, 0.15) is 28.4 Å². The predicted molar refractivity (Wildman–Crippen MR) is 115 cm³/mol. The second-order valence-electron chi connectivity index (χ2n) is 7.66. The Kier molecular flexibility index (Phi) is 6.43. The van der Waals surface area contributed by atoms with Crippen molar-refractivity contribution in [2.45, 2.75) is 26.1 Å². The van der Waals surface area contributed by atoms with E-state index in [4.69, 9.17) is 18.6 Å². The largest absolute Gasteiger partial charge is 0.489 e. The van der Waals surface area contributed by atoms with Crippen molar-refractivity contribution < 1.29 is 23.4 Å². The van der Waals surface area contributed by atoms with E-state index in [-0.39, 0.29) is 18.8 Å². The average molecular weight is 422 g/mol. The highest BCUT2D eigenvalue weighted by molar-refractivity contribution is 5.94. The molecule has 1 N–H and O–H groups in total. The zero-order valence-corrected chi connectivity index (χ0v) is 17.7. The minimum Gasteiger partial charge on any atom is -0.489 e. The second kappa shape index (κ2) is 9.57. The van der Waals surface area contributed by atoms with Crippen molar-refractivity contribution in [2.75, 3.05) is 20.4 Å². The first-order valence-corrected chi connectivity index (χ1v) is 10.2. The van der Waals surface area contributed by atoms with E-state index in [2.05, 4.69) is 23.3 Å². The zero-order chi connectivity index (χ0) is 21.6. The van der Waals surface area contributed by atoms with Crippen LogP contribution in [0.4, 0.5) is 0 Å². The highest BCUT2D eigenvalue weighted by Gasteiger charge is 2.17. The van der Waals surface area contributed by atoms with Crippen LogP contribution in [0.2, 0.25) is 0 Å². The molecule has 3 aromatic rings. The Morgan fingerprint density at radius 2 is 1.94 bits per heavy atom. The van der Waals surface area contributed by atoms with Gasteiger partial charge >= 0.3 is 0 Å². The summed E-state index contributed by atoms with van der Waals surface area (Å²) in [6.07, 6.45) is 3.26. The molecule has 1 aliphatic heterocycles. The molecule has 162 valence electrons. The van der Waals surface area contributed by atoms with E-state index in [9.17, 15) is 4.79 Å². The number of benzene rings is 2. The molecule has 0 saturated heterocycles. The fourth-order valence-corrected chi connectivity index (χ4v) is 3.43. The minimum absolute atomic E-state index is 0.177. The maximum atomic E-state index is 12.4. The number of fused-ring (bicyclic) bond motifs is 1. The van der Waals surface area contributed by atoms with Crippen molar-refractivity contribution in [3.05, 3.63) is 77.7 Å². The van der Waals surface area contributed by atoms with Gasteiger partial charge in [0.25, 0.3) is 5.91 Å². The van der Waals surface area contributed by atoms with Gasteiger partial charge < -0.3 is 23.9 Å². The number of rotatable bonds is 9. The molecule has 1 unspecified atom stereocenters. The van der Waals surface area contributed by atoms with Gasteiger partial charge in [-0.15, -0.1) is 0 Å². The van der Waals surface area contributed by atoms with Crippen LogP contribution in [0.15, 0.2) is 65.5 Å². The average Bonchev–Trinajstić information content (AvgIpc) is 3.43. The molecule has 0 spiro atoms. The molecule has 0 bridgehead atoms. The normalized spacial score (nSPS) is 13.3. The van der Waals surface area contributed by atoms with Gasteiger partial charge in [0.05, 0.1) is 19.1 Å². The summed E-state index contributed by atoms with van der Waals surface area (Å²) in [4.78, 5) is 14.6. The Hall–Kier alpha value is -3.45. The minimum atomic E-state index is -0.183. The number of carbonyl (C=O) groups is 1. The molecule has 4 rings (SSSR count). The van der Waals surface area contributed by atoms with Gasteiger partial charge in [-0.25, -0.2) is 0 Å². The summed E-state index contributed by atoms with van der Waals surface area (Å²) in [6, 6.07) is 15.1. The lowest BCUT2D eigenvalue weighted by Crippen LogP contribution is -2.33. The summed E-state index contributed by atoms with van der Waals surface area (Å²) in [5.74, 6) is 1.84. The standard InChI is InChI=1S/C24H26N2O5/c1-17(12-25-24(27)20-6-7-22-23(11-20)30-16-29-22)31-21-5-3-4-18(10-21)13-26(2)14-19-8-9-28-15-19/h3-11,15,17H,12-14,16H2,1-2H3,(H,25,27). The van der Waals surface area contributed by atoms with Gasteiger partial charge in [-0.1, -0.05) is 12.1 Å². The van der Waals surface area contributed by atoms with Crippen molar-refractivity contribution in [1.82, 2.24) is 10.2 Å². The van der Waals surface area contributed by atoms with Crippen LogP contribution < -0.4 is 19.5 Å². The zero-order valence-electron chi connectivity index (χ0n) is 17.7. The molecule has 2 heterocycles. The van der Waals surface area contributed by atoms with Gasteiger partial charge in [0, 0.05) is 24.2 Å². The van der Waals surface area contributed by atoms with Crippen LogP contribution in [-0.4, -0.2) is 37.3 Å². The molecule has 31 heavy (non-hydrogen) atoms. The maximum absolute atomic E-state index is 12.4. The highest BCUT2D eigenvalue weighted by atomic mass is 16.7. The number of hydrogen-bond donors (Lipinski definition) is 1. The Bertz CT molecular complexity index is 1020. The Balaban J connectivity index is 1.27. The number of nitrogens with one attached hydrogen (secondary N) is 1. The Morgan fingerprint density at radius 3 is 2.77 bits per heavy atom. The fraction of sp³-hybridized carbons (Fsp3) is 0.292. The third-order valence-corrected chi connectivity index (χ3v) is 4.91. The fourth-order valence-electron chi connectivity index (χ4n) is 3.43. The van der Waals surface area contributed by atoms with Crippen LogP contribution in [0, 0.1) is 0 Å². The molecule has 0 radical (unpaired) electrons. The molecule has 1 amide bonds. The lowest BCUT2D eigenvalue weighted by molar-refractivity contribution is 0.0931. The molecule has 1 aliphatic rings. The molecule has 7 nitrogen and oxygen atoms in total. The maximum Gasteiger partial charge on any atom is 0.251 e. The summed E-state index contributed by atoms with van der Waals surface area (Å²) in [7, 11) is 2.06. The second-order valence-corrected chi connectivity index (χ2v) is 7.66. The van der Waals surface area contributed by atoms with E-state index in [1.54, 1.807) is 30.7 Å². The number of ether oxygens (including phenoxy) is 3. The summed E-state index contributed by atoms with van der Waals surface area (Å²) in [5, 5.41) is 2.90. The third kappa shape index (κ3) is 5.58. The smallest absolute Gasteiger partial charge is 0.251 e. The lowest BCUT2D eigenvalue weighted by Gasteiger charge is -2.18. The first-order valence-electron chi connectivity index (χ1n) is 10.2. The first kappa shape index (κ1) is 20.8. The van der Waals surface area contributed by atoms with Crippen molar-refractivity contribution >= 4 is 5.91 Å². The van der Waals surface area contributed by atoms with Crippen LogP contribution in [-0.2, 0) is 13.1 Å². The van der Waals surface area contributed by atoms with Gasteiger partial charge in [-0.05, 0) is 55.9 Å². The van der Waals surface area contributed by atoms with E-state index in [1.807, 2.05) is 31.2 Å². The molecule has 1 atom stereocenters. The van der Waals surface area contributed by atoms with Crippen molar-refractivity contribution in [2.24, 2.45) is 0 Å². The highest BCUT2D eigenvalue weighted by Crippen LogP contribution is 2.32. The van der Waals surface area contributed by atoms with E-state index in [0.29, 0.717) is 23.6 Å². The van der Waals surface area contributed by atoms with Crippen molar-refractivity contribution in [3.63, 3.8) is 0 Å². The lowest BCUT2D eigenvalue weighted by atomic mass is 10.2. The Labute approximate surface area is 181 Å². The molecule has 1 aromatic heterocycles. The number of amides is 1. The van der Waals surface area contributed by atoms with Crippen molar-refractivity contribution in [1.29, 1.82) is 0 Å². The van der Waals surface area contributed by atoms with Crippen LogP contribution >= 0.6 is 0 Å². The molecule has 0 aliphatic carbocycles. The van der Waals surface area contributed by atoms with E-state index >= 15 is 0 Å². The van der Waals surface area contributed by atoms with Gasteiger partial charge in [0.2, 0.25) is 6.79 Å². The summed E-state index contributed by atoms with van der Waals surface area (Å²) in [6.45, 7) is 4.10. The molecule has 0 saturated carbocycles. The van der Waals surface area contributed by atoms with E-state index < -0.39 is 0 Å². The summed E-state index contributed by atoms with van der Waals surface area (Å²) in [5.41, 5.74) is 2.82. The van der Waals surface area contributed by atoms with E-state index in [1.165, 1.54) is 0 Å². The molecular formula is C24H26N2O5. The molecule has 2 aromatic carbocycles. The molecular weight excluding hydrogens is 396 g/mol. The first-order chi connectivity index (χ1) is 15.1. The third-order valence-electron chi connectivity index (χ3n) is 4.91. The topological polar surface area (TPSA) is 73.2 Å². The van der Waals surface area contributed by atoms with Gasteiger partial charge in [0.15, 0.2) is 11.5 Å². The number of hydrogen-bond acceptors (Lipinski definition) is 6. The van der Waals surface area contributed by atoms with Gasteiger partial charge in [-0.2, -0.15) is 0 Å². The Morgan fingerprint density at radius 1 is 1.10 bits per heavy atom. The number of carbonyl (C=O) groups excluding carboxylic acids is 1. The molecule has 7 heteroatoms. The number of nitrogens with zero attached hydrogens (tertiary/aromatic N) is 1. The molecule has 0 fully saturated rings. The SMILES string of the molecule is CC(CNC(=O)c1ccc2c(c1)OCO2)Oc1cccc(CN(C)Cc2ccoc2)c1. The monoisotopic (exact) mass is 422 g/mol. The van der Waals surface area contributed by atoms with Crippen molar-refractivity contribution in [3.8, 4) is 17.2 Å². The quantitative estimate of drug-likeness (QED) is 0.565.